The SMILES string of the molecule is C=CC(=O)NC1CC(C)(C)N(S(=O)(=O)c2ccc(NC(=O)c3cc(-c4ccccc4)cs3)cc2)C1(C)C. The summed E-state index contributed by atoms with van der Waals surface area (Å²) in [5, 5.41) is 7.66. The van der Waals surface area contributed by atoms with Crippen molar-refractivity contribution in [1.82, 2.24) is 9.62 Å². The third-order valence-corrected chi connectivity index (χ3v) is 9.95. The predicted octanol–water partition coefficient (Wildman–Crippen LogP) is 5.29. The van der Waals surface area contributed by atoms with Crippen LogP contribution in [-0.4, -0.2) is 41.7 Å². The molecule has 1 unspecified atom stereocenters. The molecule has 37 heavy (non-hydrogen) atoms. The van der Waals surface area contributed by atoms with Gasteiger partial charge in [-0.2, -0.15) is 4.31 Å². The molecular formula is C28H31N3O4S2. The number of hydrogen-bond donors (Lipinski definition) is 2. The normalized spacial score (nSPS) is 18.8. The fourth-order valence-electron chi connectivity index (χ4n) is 5.09. The maximum atomic E-state index is 13.8. The predicted molar refractivity (Wildman–Crippen MR) is 148 cm³/mol. The summed E-state index contributed by atoms with van der Waals surface area (Å²) in [6.45, 7) is 10.8. The van der Waals surface area contributed by atoms with Crippen LogP contribution in [0.25, 0.3) is 11.1 Å². The second-order valence-corrected chi connectivity index (χ2v) is 12.9. The highest BCUT2D eigenvalue weighted by Gasteiger charge is 2.57. The molecule has 2 N–H and O–H groups in total. The Bertz CT molecular complexity index is 1430. The first-order valence-electron chi connectivity index (χ1n) is 11.9. The quantitative estimate of drug-likeness (QED) is 0.401. The van der Waals surface area contributed by atoms with E-state index in [1.165, 1.54) is 33.9 Å². The minimum Gasteiger partial charge on any atom is -0.348 e. The Hall–Kier alpha value is -3.27. The summed E-state index contributed by atoms with van der Waals surface area (Å²) in [5.41, 5.74) is 0.893. The van der Waals surface area contributed by atoms with Crippen molar-refractivity contribution in [1.29, 1.82) is 0 Å². The number of amides is 2. The molecule has 1 fully saturated rings. The van der Waals surface area contributed by atoms with E-state index in [2.05, 4.69) is 17.2 Å². The number of rotatable bonds is 7. The van der Waals surface area contributed by atoms with Gasteiger partial charge in [-0.25, -0.2) is 8.42 Å². The number of carbonyl (C=O) groups is 2. The van der Waals surface area contributed by atoms with E-state index in [4.69, 9.17) is 0 Å². The molecule has 0 bridgehead atoms. The standard InChI is InChI=1S/C28H31N3O4S2/c1-6-25(32)30-24-17-27(2,3)31(28(24,4)5)37(34,35)22-14-12-21(13-15-22)29-26(33)23-16-20(18-36-23)19-10-8-7-9-11-19/h6-16,18,24H,1,17H2,2-5H3,(H,29,33)(H,30,32). The average molecular weight is 538 g/mol. The minimum absolute atomic E-state index is 0.116. The molecule has 194 valence electrons. The van der Waals surface area contributed by atoms with E-state index in [1.54, 1.807) is 12.1 Å². The Kier molecular flexibility index (Phi) is 7.16. The van der Waals surface area contributed by atoms with Crippen molar-refractivity contribution in [3.05, 3.63) is 83.6 Å². The highest BCUT2D eigenvalue weighted by molar-refractivity contribution is 7.89. The fourth-order valence-corrected chi connectivity index (χ4v) is 8.07. The lowest BCUT2D eigenvalue weighted by Gasteiger charge is -2.40. The lowest BCUT2D eigenvalue weighted by Crippen LogP contribution is -2.56. The minimum atomic E-state index is -3.91. The van der Waals surface area contributed by atoms with Gasteiger partial charge < -0.3 is 10.6 Å². The molecule has 7 nitrogen and oxygen atoms in total. The number of hydrogen-bond acceptors (Lipinski definition) is 5. The van der Waals surface area contributed by atoms with Crippen molar-refractivity contribution < 1.29 is 18.0 Å². The number of benzene rings is 2. The molecule has 3 aromatic rings. The Morgan fingerprint density at radius 1 is 1.03 bits per heavy atom. The maximum Gasteiger partial charge on any atom is 0.265 e. The van der Waals surface area contributed by atoms with Crippen LogP contribution in [0.4, 0.5) is 5.69 Å². The summed E-state index contributed by atoms with van der Waals surface area (Å²) < 4.78 is 29.0. The van der Waals surface area contributed by atoms with Gasteiger partial charge in [-0.05, 0) is 87.0 Å². The third-order valence-electron chi connectivity index (χ3n) is 6.71. The van der Waals surface area contributed by atoms with E-state index in [9.17, 15) is 18.0 Å². The number of nitrogens with zero attached hydrogens (tertiary/aromatic N) is 1. The number of sulfonamides is 1. The second kappa shape index (κ2) is 9.89. The van der Waals surface area contributed by atoms with Gasteiger partial charge >= 0.3 is 0 Å². The van der Waals surface area contributed by atoms with Crippen LogP contribution < -0.4 is 10.6 Å². The zero-order valence-corrected chi connectivity index (χ0v) is 22.9. The molecule has 0 saturated carbocycles. The van der Waals surface area contributed by atoms with Crippen molar-refractivity contribution in [2.75, 3.05) is 5.32 Å². The zero-order chi connectivity index (χ0) is 27.0. The van der Waals surface area contributed by atoms with Crippen LogP contribution in [0.3, 0.4) is 0 Å². The van der Waals surface area contributed by atoms with Gasteiger partial charge in [0.1, 0.15) is 0 Å². The van der Waals surface area contributed by atoms with E-state index >= 15 is 0 Å². The monoisotopic (exact) mass is 537 g/mol. The number of thiophene rings is 1. The fraction of sp³-hybridized carbons (Fsp3) is 0.286. The lowest BCUT2D eigenvalue weighted by atomic mass is 9.94. The topological polar surface area (TPSA) is 95.6 Å². The molecule has 4 rings (SSSR count). The lowest BCUT2D eigenvalue weighted by molar-refractivity contribution is -0.117. The summed E-state index contributed by atoms with van der Waals surface area (Å²) >= 11 is 1.35. The molecule has 2 amide bonds. The molecule has 0 spiro atoms. The molecule has 1 saturated heterocycles. The van der Waals surface area contributed by atoms with Gasteiger partial charge in [0.25, 0.3) is 5.91 Å². The van der Waals surface area contributed by atoms with Crippen LogP contribution in [0, 0.1) is 0 Å². The second-order valence-electron chi connectivity index (χ2n) is 10.2. The summed E-state index contributed by atoms with van der Waals surface area (Å²) in [6.07, 6.45) is 1.64. The van der Waals surface area contributed by atoms with Gasteiger partial charge in [0.2, 0.25) is 15.9 Å². The number of anilines is 1. The van der Waals surface area contributed by atoms with Crippen LogP contribution in [0.5, 0.6) is 0 Å². The summed E-state index contributed by atoms with van der Waals surface area (Å²) in [5.74, 6) is -0.597. The van der Waals surface area contributed by atoms with Crippen molar-refractivity contribution in [3.63, 3.8) is 0 Å². The molecule has 2 aromatic carbocycles. The van der Waals surface area contributed by atoms with Crippen LogP contribution in [0.1, 0.15) is 43.8 Å². The van der Waals surface area contributed by atoms with Crippen molar-refractivity contribution >= 4 is 38.9 Å². The van der Waals surface area contributed by atoms with E-state index < -0.39 is 21.1 Å². The largest absolute Gasteiger partial charge is 0.348 e. The summed E-state index contributed by atoms with van der Waals surface area (Å²) in [6, 6.07) is 17.4. The van der Waals surface area contributed by atoms with E-state index in [-0.39, 0.29) is 22.8 Å². The van der Waals surface area contributed by atoms with Crippen LogP contribution in [0.2, 0.25) is 0 Å². The average Bonchev–Trinajstić information content (AvgIpc) is 3.40. The molecule has 1 aliphatic rings. The third kappa shape index (κ3) is 5.25. The van der Waals surface area contributed by atoms with Gasteiger partial charge in [0, 0.05) is 17.3 Å². The number of carbonyl (C=O) groups excluding carboxylic acids is 2. The van der Waals surface area contributed by atoms with Crippen molar-refractivity contribution in [2.24, 2.45) is 0 Å². The Balaban J connectivity index is 1.52. The maximum absolute atomic E-state index is 13.8. The summed E-state index contributed by atoms with van der Waals surface area (Å²) in [7, 11) is -3.91. The van der Waals surface area contributed by atoms with E-state index in [0.717, 1.165) is 11.1 Å². The van der Waals surface area contributed by atoms with Gasteiger partial charge in [-0.3, -0.25) is 9.59 Å². The Morgan fingerprint density at radius 3 is 2.30 bits per heavy atom. The molecular weight excluding hydrogens is 506 g/mol. The molecule has 0 radical (unpaired) electrons. The van der Waals surface area contributed by atoms with E-state index in [0.29, 0.717) is 17.0 Å². The first-order valence-corrected chi connectivity index (χ1v) is 14.2. The highest BCUT2D eigenvalue weighted by Crippen LogP contribution is 2.45. The molecule has 1 aliphatic heterocycles. The van der Waals surface area contributed by atoms with Crippen LogP contribution >= 0.6 is 11.3 Å². The number of nitrogens with one attached hydrogen (secondary N) is 2. The van der Waals surface area contributed by atoms with Crippen molar-refractivity contribution in [2.45, 2.75) is 56.1 Å². The zero-order valence-electron chi connectivity index (χ0n) is 21.3. The van der Waals surface area contributed by atoms with Gasteiger partial charge in [0.15, 0.2) is 0 Å². The van der Waals surface area contributed by atoms with Crippen molar-refractivity contribution in [3.8, 4) is 11.1 Å². The van der Waals surface area contributed by atoms with Gasteiger partial charge in [-0.1, -0.05) is 36.9 Å². The Morgan fingerprint density at radius 2 is 1.68 bits per heavy atom. The van der Waals surface area contributed by atoms with Gasteiger partial charge in [-0.15, -0.1) is 11.3 Å². The van der Waals surface area contributed by atoms with Crippen LogP contribution in [-0.2, 0) is 14.8 Å². The smallest absolute Gasteiger partial charge is 0.265 e. The van der Waals surface area contributed by atoms with Crippen LogP contribution in [0.15, 0.2) is 83.6 Å². The summed E-state index contributed by atoms with van der Waals surface area (Å²) in [4.78, 5) is 25.4. The Labute approximate surface area is 222 Å². The highest BCUT2D eigenvalue weighted by atomic mass is 32.2. The molecule has 9 heteroatoms. The molecule has 2 heterocycles. The first kappa shape index (κ1) is 26.8. The van der Waals surface area contributed by atoms with Gasteiger partial charge in [0.05, 0.1) is 15.3 Å². The molecule has 1 atom stereocenters. The molecule has 0 aliphatic carbocycles. The first-order chi connectivity index (χ1) is 17.4. The molecule has 1 aromatic heterocycles. The van der Waals surface area contributed by atoms with E-state index in [1.807, 2.05) is 69.5 Å².